The normalized spacial score (nSPS) is 14.8. The summed E-state index contributed by atoms with van der Waals surface area (Å²) in [5, 5.41) is 3.47. The number of nitrogens with one attached hydrogen (secondary N) is 1. The predicted octanol–water partition coefficient (Wildman–Crippen LogP) is 0.823. The standard InChI is InChI=1S/C16H17N3O3/c20-15(19-7-9-22-10-8-19)11-18-16(21)13-5-6-17-14-4-2-1-3-12(13)14/h1-6H,7-11H2,(H,18,21). The lowest BCUT2D eigenvalue weighted by molar-refractivity contribution is -0.134. The van der Waals surface area contributed by atoms with Gasteiger partial charge in [-0.2, -0.15) is 0 Å². The molecule has 1 saturated heterocycles. The van der Waals surface area contributed by atoms with Gasteiger partial charge in [-0.3, -0.25) is 14.6 Å². The lowest BCUT2D eigenvalue weighted by Gasteiger charge is -2.26. The Morgan fingerprint density at radius 2 is 1.95 bits per heavy atom. The largest absolute Gasteiger partial charge is 0.378 e. The highest BCUT2D eigenvalue weighted by Gasteiger charge is 2.18. The Morgan fingerprint density at radius 3 is 2.77 bits per heavy atom. The summed E-state index contributed by atoms with van der Waals surface area (Å²) >= 11 is 0. The zero-order valence-corrected chi connectivity index (χ0v) is 12.1. The first-order chi connectivity index (χ1) is 10.8. The first-order valence-electron chi connectivity index (χ1n) is 7.23. The third-order valence-electron chi connectivity index (χ3n) is 3.66. The van der Waals surface area contributed by atoms with Crippen molar-refractivity contribution >= 4 is 22.7 Å². The van der Waals surface area contributed by atoms with Crippen LogP contribution in [0.2, 0.25) is 0 Å². The summed E-state index contributed by atoms with van der Waals surface area (Å²) in [6.45, 7) is 2.25. The van der Waals surface area contributed by atoms with Crippen molar-refractivity contribution in [3.63, 3.8) is 0 Å². The SMILES string of the molecule is O=C(NCC(=O)N1CCOCC1)c1ccnc2ccccc12. The molecule has 1 N–H and O–H groups in total. The number of pyridine rings is 1. The van der Waals surface area contributed by atoms with Crippen molar-refractivity contribution in [2.45, 2.75) is 0 Å². The molecule has 6 nitrogen and oxygen atoms in total. The van der Waals surface area contributed by atoms with E-state index in [-0.39, 0.29) is 18.4 Å². The molecule has 0 atom stereocenters. The van der Waals surface area contributed by atoms with Crippen LogP contribution in [-0.2, 0) is 9.53 Å². The van der Waals surface area contributed by atoms with Crippen LogP contribution in [0.15, 0.2) is 36.5 Å². The van der Waals surface area contributed by atoms with Gasteiger partial charge in [0.1, 0.15) is 0 Å². The second-order valence-electron chi connectivity index (χ2n) is 5.05. The Bertz CT molecular complexity index is 691. The molecule has 1 aliphatic rings. The van der Waals surface area contributed by atoms with Gasteiger partial charge in [0.05, 0.1) is 30.8 Å². The molecule has 0 spiro atoms. The third-order valence-corrected chi connectivity index (χ3v) is 3.66. The molecule has 2 amide bonds. The average molecular weight is 299 g/mol. The number of ether oxygens (including phenoxy) is 1. The number of aromatic nitrogens is 1. The van der Waals surface area contributed by atoms with E-state index in [0.717, 1.165) is 10.9 Å². The number of carbonyl (C=O) groups excluding carboxylic acids is 2. The number of morpholine rings is 1. The number of amides is 2. The molecule has 1 aromatic heterocycles. The molecule has 2 aromatic rings. The fourth-order valence-corrected chi connectivity index (χ4v) is 2.47. The minimum Gasteiger partial charge on any atom is -0.378 e. The minimum atomic E-state index is -0.264. The van der Waals surface area contributed by atoms with E-state index in [1.165, 1.54) is 0 Å². The Morgan fingerprint density at radius 1 is 1.18 bits per heavy atom. The molecule has 6 heteroatoms. The minimum absolute atomic E-state index is 0.00448. The highest BCUT2D eigenvalue weighted by molar-refractivity contribution is 6.06. The van der Waals surface area contributed by atoms with Crippen LogP contribution in [0, 0.1) is 0 Å². The van der Waals surface area contributed by atoms with Gasteiger partial charge in [-0.15, -0.1) is 0 Å². The van der Waals surface area contributed by atoms with Crippen LogP contribution in [0.1, 0.15) is 10.4 Å². The van der Waals surface area contributed by atoms with E-state index in [0.29, 0.717) is 31.9 Å². The maximum Gasteiger partial charge on any atom is 0.252 e. The molecule has 0 bridgehead atoms. The van der Waals surface area contributed by atoms with E-state index in [1.807, 2.05) is 24.3 Å². The summed E-state index contributed by atoms with van der Waals surface area (Å²) in [5.41, 5.74) is 1.29. The fraction of sp³-hybridized carbons (Fsp3) is 0.312. The maximum atomic E-state index is 12.3. The average Bonchev–Trinajstić information content (AvgIpc) is 2.59. The van der Waals surface area contributed by atoms with Crippen molar-refractivity contribution in [3.8, 4) is 0 Å². The molecule has 22 heavy (non-hydrogen) atoms. The van der Waals surface area contributed by atoms with Crippen molar-refractivity contribution in [1.82, 2.24) is 15.2 Å². The molecule has 0 saturated carbocycles. The molecule has 0 unspecified atom stereocenters. The molecular formula is C16H17N3O3. The Kier molecular flexibility index (Phi) is 4.29. The van der Waals surface area contributed by atoms with E-state index in [2.05, 4.69) is 10.3 Å². The van der Waals surface area contributed by atoms with E-state index >= 15 is 0 Å². The summed E-state index contributed by atoms with van der Waals surface area (Å²) < 4.78 is 5.20. The molecule has 3 rings (SSSR count). The summed E-state index contributed by atoms with van der Waals surface area (Å²) in [6.07, 6.45) is 1.60. The van der Waals surface area contributed by atoms with Crippen LogP contribution < -0.4 is 5.32 Å². The number of fused-ring (bicyclic) bond motifs is 1. The van der Waals surface area contributed by atoms with Gasteiger partial charge >= 0.3 is 0 Å². The second kappa shape index (κ2) is 6.53. The van der Waals surface area contributed by atoms with E-state index in [9.17, 15) is 9.59 Å². The number of hydrogen-bond acceptors (Lipinski definition) is 4. The van der Waals surface area contributed by atoms with Gasteiger partial charge in [0.15, 0.2) is 0 Å². The van der Waals surface area contributed by atoms with Gasteiger partial charge in [-0.1, -0.05) is 18.2 Å². The van der Waals surface area contributed by atoms with Gasteiger partial charge in [0.25, 0.3) is 5.91 Å². The van der Waals surface area contributed by atoms with Crippen molar-refractivity contribution in [1.29, 1.82) is 0 Å². The van der Waals surface area contributed by atoms with Crippen molar-refractivity contribution in [3.05, 3.63) is 42.1 Å². The van der Waals surface area contributed by atoms with Crippen LogP contribution in [0.3, 0.4) is 0 Å². The summed E-state index contributed by atoms with van der Waals surface area (Å²) in [7, 11) is 0. The van der Waals surface area contributed by atoms with Crippen LogP contribution >= 0.6 is 0 Å². The highest BCUT2D eigenvalue weighted by Crippen LogP contribution is 2.15. The Labute approximate surface area is 128 Å². The molecule has 1 aliphatic heterocycles. The van der Waals surface area contributed by atoms with Gasteiger partial charge in [-0.25, -0.2) is 0 Å². The molecule has 0 radical (unpaired) electrons. The van der Waals surface area contributed by atoms with E-state index in [1.54, 1.807) is 17.2 Å². The molecule has 114 valence electrons. The van der Waals surface area contributed by atoms with E-state index < -0.39 is 0 Å². The summed E-state index contributed by atoms with van der Waals surface area (Å²) in [6, 6.07) is 9.10. The van der Waals surface area contributed by atoms with Gasteiger partial charge in [0, 0.05) is 24.7 Å². The van der Waals surface area contributed by atoms with Crippen molar-refractivity contribution in [2.75, 3.05) is 32.8 Å². The molecular weight excluding hydrogens is 282 g/mol. The number of hydrogen-bond donors (Lipinski definition) is 1. The first kappa shape index (κ1) is 14.5. The first-order valence-corrected chi connectivity index (χ1v) is 7.23. The number of nitrogens with zero attached hydrogens (tertiary/aromatic N) is 2. The fourth-order valence-electron chi connectivity index (χ4n) is 2.47. The van der Waals surface area contributed by atoms with Crippen LogP contribution in [0.25, 0.3) is 10.9 Å². The quantitative estimate of drug-likeness (QED) is 0.911. The molecule has 1 aromatic carbocycles. The molecule has 0 aliphatic carbocycles. The number of para-hydroxylation sites is 1. The summed E-state index contributed by atoms with van der Waals surface area (Å²) in [4.78, 5) is 30.3. The van der Waals surface area contributed by atoms with Crippen LogP contribution in [-0.4, -0.2) is 54.5 Å². The lowest BCUT2D eigenvalue weighted by Crippen LogP contribution is -2.45. The zero-order valence-electron chi connectivity index (χ0n) is 12.1. The van der Waals surface area contributed by atoms with Gasteiger partial charge in [0.2, 0.25) is 5.91 Å². The topological polar surface area (TPSA) is 71.5 Å². The second-order valence-corrected chi connectivity index (χ2v) is 5.05. The molecule has 1 fully saturated rings. The van der Waals surface area contributed by atoms with E-state index in [4.69, 9.17) is 4.74 Å². The Balaban J connectivity index is 1.67. The van der Waals surface area contributed by atoms with Crippen molar-refractivity contribution in [2.24, 2.45) is 0 Å². The van der Waals surface area contributed by atoms with Gasteiger partial charge < -0.3 is 15.0 Å². The van der Waals surface area contributed by atoms with Gasteiger partial charge in [-0.05, 0) is 12.1 Å². The van der Waals surface area contributed by atoms with Crippen molar-refractivity contribution < 1.29 is 14.3 Å². The molecule has 2 heterocycles. The number of benzene rings is 1. The lowest BCUT2D eigenvalue weighted by atomic mass is 10.1. The highest BCUT2D eigenvalue weighted by atomic mass is 16.5. The smallest absolute Gasteiger partial charge is 0.252 e. The third kappa shape index (κ3) is 3.07. The zero-order chi connectivity index (χ0) is 15.4. The van der Waals surface area contributed by atoms with Crippen LogP contribution in [0.4, 0.5) is 0 Å². The van der Waals surface area contributed by atoms with Crippen LogP contribution in [0.5, 0.6) is 0 Å². The number of rotatable bonds is 3. The summed E-state index contributed by atoms with van der Waals surface area (Å²) in [5.74, 6) is -0.352. The predicted molar refractivity (Wildman–Crippen MR) is 81.5 cm³/mol. The maximum absolute atomic E-state index is 12.3. The number of carbonyl (C=O) groups is 2. The Hall–Kier alpha value is -2.47. The monoisotopic (exact) mass is 299 g/mol.